The predicted molar refractivity (Wildman–Crippen MR) is 130 cm³/mol. The third-order valence-corrected chi connectivity index (χ3v) is 8.00. The van der Waals surface area contributed by atoms with Crippen LogP contribution >= 0.6 is 19.4 Å². The molecule has 2 aliphatic heterocycles. The largest absolute Gasteiger partial charge is 0.475 e. The number of ether oxygens (including phenoxy) is 3. The van der Waals surface area contributed by atoms with Crippen LogP contribution in [0.3, 0.4) is 0 Å². The van der Waals surface area contributed by atoms with Crippen molar-refractivity contribution in [2.75, 3.05) is 20.3 Å². The maximum absolute atomic E-state index is 13.3. The molecule has 4 rings (SSSR count). The summed E-state index contributed by atoms with van der Waals surface area (Å²) in [5.74, 6) is -0.547. The molecule has 0 amide bonds. The molecule has 202 valence electrons. The first-order valence-corrected chi connectivity index (χ1v) is 13.5. The fourth-order valence-corrected chi connectivity index (χ4v) is 5.87. The number of rotatable bonds is 8. The first-order valence-electron chi connectivity index (χ1n) is 11.6. The molecular weight excluding hydrogens is 531 g/mol. The Hall–Kier alpha value is -2.31. The molecule has 2 aliphatic rings. The highest BCUT2D eigenvalue weighted by Crippen LogP contribution is 2.57. The summed E-state index contributed by atoms with van der Waals surface area (Å²) in [6, 6.07) is 8.12. The van der Waals surface area contributed by atoms with Crippen molar-refractivity contribution < 1.29 is 37.1 Å². The molecule has 2 fully saturated rings. The number of esters is 1. The van der Waals surface area contributed by atoms with Gasteiger partial charge in [-0.25, -0.2) is 9.36 Å². The smallest absolute Gasteiger partial charge is 0.456 e. The number of hydrogen-bond donors (Lipinski definition) is 1. The van der Waals surface area contributed by atoms with E-state index >= 15 is 0 Å². The molecule has 1 aromatic carbocycles. The summed E-state index contributed by atoms with van der Waals surface area (Å²) < 4.78 is 48.5. The van der Waals surface area contributed by atoms with Crippen LogP contribution in [0.2, 0.25) is 5.02 Å². The van der Waals surface area contributed by atoms with Gasteiger partial charge in [-0.1, -0.05) is 30.7 Å². The minimum atomic E-state index is -4.05. The molecule has 0 saturated carbocycles. The summed E-state index contributed by atoms with van der Waals surface area (Å²) in [7, 11) is -2.68. The number of H-pyrrole nitrogens is 1. The van der Waals surface area contributed by atoms with Crippen molar-refractivity contribution in [3.8, 4) is 0 Å². The van der Waals surface area contributed by atoms with Gasteiger partial charge in [-0.15, -0.1) is 0 Å². The minimum Gasteiger partial charge on any atom is -0.456 e. The fraction of sp³-hybridized carbons (Fsp3) is 0.522. The number of carbonyl (C=O) groups is 1. The Kier molecular flexibility index (Phi) is 8.39. The summed E-state index contributed by atoms with van der Waals surface area (Å²) in [6.07, 6.45) is -2.06. The van der Waals surface area contributed by atoms with Gasteiger partial charge >= 0.3 is 19.5 Å². The van der Waals surface area contributed by atoms with Gasteiger partial charge in [0, 0.05) is 37.2 Å². The zero-order valence-corrected chi connectivity index (χ0v) is 22.1. The summed E-state index contributed by atoms with van der Waals surface area (Å²) in [4.78, 5) is 38.5. The van der Waals surface area contributed by atoms with Gasteiger partial charge in [0.2, 0.25) is 0 Å². The van der Waals surface area contributed by atoms with E-state index in [9.17, 15) is 18.9 Å². The Morgan fingerprint density at radius 3 is 2.78 bits per heavy atom. The quantitative estimate of drug-likeness (QED) is 0.379. The molecule has 2 saturated heterocycles. The van der Waals surface area contributed by atoms with Gasteiger partial charge in [0.1, 0.15) is 11.7 Å². The molecular formula is C23H28ClN2O10P. The van der Waals surface area contributed by atoms with Gasteiger partial charge in [-0.2, -0.15) is 0 Å². The monoisotopic (exact) mass is 558 g/mol. The van der Waals surface area contributed by atoms with Crippen molar-refractivity contribution >= 4 is 25.4 Å². The zero-order chi connectivity index (χ0) is 26.8. The van der Waals surface area contributed by atoms with E-state index in [0.29, 0.717) is 11.4 Å². The van der Waals surface area contributed by atoms with E-state index in [0.717, 1.165) is 16.2 Å². The van der Waals surface area contributed by atoms with E-state index in [-0.39, 0.29) is 19.6 Å². The number of nitrogens with zero attached hydrogens (tertiary/aromatic N) is 1. The summed E-state index contributed by atoms with van der Waals surface area (Å²) >= 11 is 6.08. The Labute approximate surface area is 217 Å². The van der Waals surface area contributed by atoms with E-state index in [2.05, 4.69) is 4.98 Å². The fourth-order valence-electron chi connectivity index (χ4n) is 4.27. The number of benzene rings is 1. The van der Waals surface area contributed by atoms with E-state index in [1.54, 1.807) is 38.1 Å². The number of nitrogens with one attached hydrogen (secondary N) is 1. The third kappa shape index (κ3) is 5.91. The van der Waals surface area contributed by atoms with Crippen LogP contribution in [-0.2, 0) is 37.1 Å². The Morgan fingerprint density at radius 1 is 1.32 bits per heavy atom. The normalized spacial score (nSPS) is 31.8. The highest BCUT2D eigenvalue weighted by atomic mass is 35.5. The maximum Gasteiger partial charge on any atom is 0.475 e. The lowest BCUT2D eigenvalue weighted by atomic mass is 9.95. The van der Waals surface area contributed by atoms with Crippen molar-refractivity contribution in [1.82, 2.24) is 9.55 Å². The Bertz CT molecular complexity index is 1300. The van der Waals surface area contributed by atoms with E-state index < -0.39 is 55.2 Å². The topological polar surface area (TPSA) is 144 Å². The van der Waals surface area contributed by atoms with Crippen molar-refractivity contribution in [1.29, 1.82) is 0 Å². The number of phosphoric acid groups is 1. The van der Waals surface area contributed by atoms with Gasteiger partial charge in [0.05, 0.1) is 19.3 Å². The van der Waals surface area contributed by atoms with Crippen LogP contribution in [0.1, 0.15) is 44.6 Å². The molecule has 1 aromatic heterocycles. The average molecular weight is 559 g/mol. The standard InChI is InChI=1S/C23H28ClN2O10P/c1-4-19(28)35-20-17(34-21(23(20,2)31-3)26-10-8-18(27)25-22(26)29)13-33-37(30)32-11-9-16(36-37)14-6-5-7-15(24)12-14/h5-8,10,12,16-17,20-21H,4,9,11,13H2,1-3H3,(H,25,27,29)/t16?,17-,20-,21-,23-,37?/m1/s1. The van der Waals surface area contributed by atoms with Crippen molar-refractivity contribution in [2.45, 2.75) is 56.8 Å². The first-order chi connectivity index (χ1) is 17.6. The molecule has 2 aromatic rings. The minimum absolute atomic E-state index is 0.0686. The predicted octanol–water partition coefficient (Wildman–Crippen LogP) is 3.12. The Balaban J connectivity index is 1.57. The van der Waals surface area contributed by atoms with Crippen LogP contribution in [0, 0.1) is 0 Å². The van der Waals surface area contributed by atoms with Crippen LogP contribution in [0.15, 0.2) is 46.1 Å². The van der Waals surface area contributed by atoms with Crippen LogP contribution in [0.5, 0.6) is 0 Å². The second kappa shape index (κ2) is 11.2. The van der Waals surface area contributed by atoms with Crippen molar-refractivity contribution in [2.24, 2.45) is 0 Å². The van der Waals surface area contributed by atoms with Crippen LogP contribution in [-0.4, -0.2) is 53.7 Å². The number of halogens is 1. The summed E-state index contributed by atoms with van der Waals surface area (Å²) in [6.45, 7) is 2.94. The number of methoxy groups -OCH3 is 1. The van der Waals surface area contributed by atoms with Crippen LogP contribution in [0.4, 0.5) is 0 Å². The van der Waals surface area contributed by atoms with Gasteiger partial charge in [-0.05, 0) is 24.6 Å². The van der Waals surface area contributed by atoms with Crippen LogP contribution in [0.25, 0.3) is 0 Å². The van der Waals surface area contributed by atoms with E-state index in [1.165, 1.54) is 13.3 Å². The lowest BCUT2D eigenvalue weighted by Crippen LogP contribution is -2.50. The molecule has 14 heteroatoms. The third-order valence-electron chi connectivity index (χ3n) is 6.29. The molecule has 0 spiro atoms. The molecule has 1 N–H and O–H groups in total. The van der Waals surface area contributed by atoms with Gasteiger partial charge in [0.15, 0.2) is 12.3 Å². The average Bonchev–Trinajstić information content (AvgIpc) is 3.14. The second-order valence-electron chi connectivity index (χ2n) is 8.71. The van der Waals surface area contributed by atoms with E-state index in [4.69, 9.17) is 39.4 Å². The molecule has 0 aliphatic carbocycles. The number of carbonyl (C=O) groups excluding carboxylic acids is 1. The molecule has 3 heterocycles. The molecule has 0 bridgehead atoms. The highest BCUT2D eigenvalue weighted by molar-refractivity contribution is 7.48. The number of aromatic amines is 1. The number of phosphoric ester groups is 1. The zero-order valence-electron chi connectivity index (χ0n) is 20.5. The summed E-state index contributed by atoms with van der Waals surface area (Å²) in [5.41, 5.74) is -2.01. The SMILES string of the molecule is CCC(=O)O[C@@H]1[C@@H](COP2(=O)OCCC(c3cccc(Cl)c3)O2)O[C@@H](n2ccc(=O)[nH]c2=O)[C@]1(C)OC. The molecule has 2 unspecified atom stereocenters. The maximum atomic E-state index is 13.3. The molecule has 37 heavy (non-hydrogen) atoms. The van der Waals surface area contributed by atoms with Gasteiger partial charge < -0.3 is 14.2 Å². The van der Waals surface area contributed by atoms with Gasteiger partial charge in [0.25, 0.3) is 5.56 Å². The lowest BCUT2D eigenvalue weighted by Gasteiger charge is -2.34. The Morgan fingerprint density at radius 2 is 2.11 bits per heavy atom. The van der Waals surface area contributed by atoms with Crippen molar-refractivity contribution in [3.05, 3.63) is 68.0 Å². The second-order valence-corrected chi connectivity index (χ2v) is 10.8. The number of aromatic nitrogens is 2. The highest BCUT2D eigenvalue weighted by Gasteiger charge is 2.58. The van der Waals surface area contributed by atoms with Crippen molar-refractivity contribution in [3.63, 3.8) is 0 Å². The first kappa shape index (κ1) is 27.7. The molecule has 0 radical (unpaired) electrons. The number of hydrogen-bond acceptors (Lipinski definition) is 10. The van der Waals surface area contributed by atoms with Crippen LogP contribution < -0.4 is 11.2 Å². The summed E-state index contributed by atoms with van der Waals surface area (Å²) in [5, 5.41) is 0.505. The molecule has 6 atom stereocenters. The molecule has 12 nitrogen and oxygen atoms in total. The van der Waals surface area contributed by atoms with E-state index in [1.807, 2.05) is 0 Å². The lowest BCUT2D eigenvalue weighted by molar-refractivity contribution is -0.168. The van der Waals surface area contributed by atoms with Gasteiger partial charge in [-0.3, -0.25) is 32.7 Å².